The van der Waals surface area contributed by atoms with Crippen molar-refractivity contribution >= 4 is 0 Å². The molecule has 2 N–H and O–H groups in total. The van der Waals surface area contributed by atoms with E-state index in [-0.39, 0.29) is 0 Å². The van der Waals surface area contributed by atoms with Gasteiger partial charge in [0.15, 0.2) is 0 Å². The fourth-order valence-corrected chi connectivity index (χ4v) is 2.40. The predicted molar refractivity (Wildman–Crippen MR) is 56.8 cm³/mol. The van der Waals surface area contributed by atoms with Crippen LogP contribution in [-0.4, -0.2) is 15.8 Å². The van der Waals surface area contributed by atoms with Gasteiger partial charge < -0.3 is 5.73 Å². The molecule has 1 aromatic rings. The Morgan fingerprint density at radius 2 is 2.43 bits per heavy atom. The van der Waals surface area contributed by atoms with Crippen molar-refractivity contribution < 1.29 is 0 Å². The Kier molecular flexibility index (Phi) is 2.87. The van der Waals surface area contributed by atoms with Crippen LogP contribution >= 0.6 is 0 Å². The molecule has 78 valence electrons. The molecular formula is C11H19N3. The number of rotatable bonds is 3. The molecule has 0 aromatic carbocycles. The highest BCUT2D eigenvalue weighted by Crippen LogP contribution is 2.27. The van der Waals surface area contributed by atoms with Gasteiger partial charge in [-0.25, -0.2) is 0 Å². The van der Waals surface area contributed by atoms with E-state index in [1.165, 1.54) is 31.4 Å². The summed E-state index contributed by atoms with van der Waals surface area (Å²) in [5.41, 5.74) is 7.36. The molecule has 3 nitrogen and oxygen atoms in total. The van der Waals surface area contributed by atoms with Crippen molar-refractivity contribution in [1.82, 2.24) is 9.78 Å². The summed E-state index contributed by atoms with van der Waals surface area (Å²) in [6.45, 7) is 0. The van der Waals surface area contributed by atoms with Gasteiger partial charge in [0.25, 0.3) is 0 Å². The number of nitrogens with zero attached hydrogens (tertiary/aromatic N) is 2. The van der Waals surface area contributed by atoms with Gasteiger partial charge >= 0.3 is 0 Å². The van der Waals surface area contributed by atoms with E-state index in [1.54, 1.807) is 0 Å². The van der Waals surface area contributed by atoms with Gasteiger partial charge in [-0.3, -0.25) is 4.68 Å². The Morgan fingerprint density at radius 3 is 3.00 bits per heavy atom. The lowest BCUT2D eigenvalue weighted by Crippen LogP contribution is -2.24. The summed E-state index contributed by atoms with van der Waals surface area (Å²) in [4.78, 5) is 0. The molecule has 0 amide bonds. The molecule has 1 aliphatic rings. The van der Waals surface area contributed by atoms with Gasteiger partial charge in [-0.1, -0.05) is 6.42 Å². The molecule has 2 atom stereocenters. The van der Waals surface area contributed by atoms with Gasteiger partial charge in [-0.05, 0) is 37.7 Å². The summed E-state index contributed by atoms with van der Waals surface area (Å²) in [6.07, 6.45) is 8.06. The SMILES string of the molecule is Cn1nccc1CCC1CCCC1N. The zero-order chi connectivity index (χ0) is 9.97. The average Bonchev–Trinajstić information content (AvgIpc) is 2.72. The normalized spacial score (nSPS) is 27.0. The second-order valence-electron chi connectivity index (χ2n) is 4.34. The minimum atomic E-state index is 0.447. The standard InChI is InChI=1S/C11H19N3/c1-14-10(7-8-13-14)6-5-9-3-2-4-11(9)12/h7-9,11H,2-6,12H2,1H3. The predicted octanol–water partition coefficient (Wildman–Crippen LogP) is 1.48. The van der Waals surface area contributed by atoms with Crippen LogP contribution in [0.2, 0.25) is 0 Å². The van der Waals surface area contributed by atoms with E-state index in [0.29, 0.717) is 6.04 Å². The molecule has 1 heterocycles. The van der Waals surface area contributed by atoms with Crippen LogP contribution in [0.1, 0.15) is 31.4 Å². The summed E-state index contributed by atoms with van der Waals surface area (Å²) in [6, 6.07) is 2.55. The number of hydrogen-bond acceptors (Lipinski definition) is 2. The average molecular weight is 193 g/mol. The fraction of sp³-hybridized carbons (Fsp3) is 0.727. The van der Waals surface area contributed by atoms with Crippen LogP contribution in [0.4, 0.5) is 0 Å². The summed E-state index contributed by atoms with van der Waals surface area (Å²) in [7, 11) is 2.00. The van der Waals surface area contributed by atoms with Crippen LogP contribution in [-0.2, 0) is 13.5 Å². The summed E-state index contributed by atoms with van der Waals surface area (Å²) in [5, 5.41) is 4.17. The zero-order valence-electron chi connectivity index (χ0n) is 8.82. The van der Waals surface area contributed by atoms with Gasteiger partial charge in [0.2, 0.25) is 0 Å². The Hall–Kier alpha value is -0.830. The zero-order valence-corrected chi connectivity index (χ0v) is 8.82. The minimum Gasteiger partial charge on any atom is -0.327 e. The lowest BCUT2D eigenvalue weighted by atomic mass is 9.97. The van der Waals surface area contributed by atoms with Crippen molar-refractivity contribution in [3.05, 3.63) is 18.0 Å². The maximum absolute atomic E-state index is 6.03. The van der Waals surface area contributed by atoms with E-state index in [9.17, 15) is 0 Å². The molecule has 1 fully saturated rings. The highest BCUT2D eigenvalue weighted by Gasteiger charge is 2.23. The Labute approximate surface area is 85.3 Å². The highest BCUT2D eigenvalue weighted by atomic mass is 15.2. The van der Waals surface area contributed by atoms with Gasteiger partial charge in [0.1, 0.15) is 0 Å². The van der Waals surface area contributed by atoms with Gasteiger partial charge in [-0.15, -0.1) is 0 Å². The van der Waals surface area contributed by atoms with Crippen LogP contribution in [0.3, 0.4) is 0 Å². The second kappa shape index (κ2) is 4.13. The summed E-state index contributed by atoms with van der Waals surface area (Å²) >= 11 is 0. The molecule has 0 spiro atoms. The molecule has 0 radical (unpaired) electrons. The molecule has 2 rings (SSSR count). The molecule has 0 saturated heterocycles. The molecule has 14 heavy (non-hydrogen) atoms. The molecular weight excluding hydrogens is 174 g/mol. The van der Waals surface area contributed by atoms with Crippen molar-refractivity contribution in [1.29, 1.82) is 0 Å². The molecule has 1 aromatic heterocycles. The molecule has 1 aliphatic carbocycles. The van der Waals surface area contributed by atoms with E-state index in [0.717, 1.165) is 12.3 Å². The van der Waals surface area contributed by atoms with E-state index in [2.05, 4.69) is 11.2 Å². The third-order valence-electron chi connectivity index (χ3n) is 3.41. The maximum atomic E-state index is 6.03. The molecule has 1 saturated carbocycles. The van der Waals surface area contributed by atoms with E-state index in [4.69, 9.17) is 5.73 Å². The van der Waals surface area contributed by atoms with Crippen molar-refractivity contribution in [2.45, 2.75) is 38.1 Å². The largest absolute Gasteiger partial charge is 0.327 e. The van der Waals surface area contributed by atoms with E-state index >= 15 is 0 Å². The molecule has 0 bridgehead atoms. The van der Waals surface area contributed by atoms with Gasteiger partial charge in [-0.2, -0.15) is 5.10 Å². The molecule has 0 aliphatic heterocycles. The highest BCUT2D eigenvalue weighted by molar-refractivity contribution is 5.00. The number of aromatic nitrogens is 2. The topological polar surface area (TPSA) is 43.8 Å². The number of aryl methyl sites for hydroxylation is 2. The summed E-state index contributed by atoms with van der Waals surface area (Å²) in [5.74, 6) is 0.741. The first-order valence-electron chi connectivity index (χ1n) is 5.50. The van der Waals surface area contributed by atoms with E-state index < -0.39 is 0 Å². The quantitative estimate of drug-likeness (QED) is 0.790. The fourth-order valence-electron chi connectivity index (χ4n) is 2.40. The van der Waals surface area contributed by atoms with Crippen molar-refractivity contribution in [2.24, 2.45) is 18.7 Å². The Bertz CT molecular complexity index is 292. The molecule has 3 heteroatoms. The third kappa shape index (κ3) is 1.98. The maximum Gasteiger partial charge on any atom is 0.0492 e. The summed E-state index contributed by atoms with van der Waals surface area (Å²) < 4.78 is 1.96. The van der Waals surface area contributed by atoms with Crippen molar-refractivity contribution in [3.63, 3.8) is 0 Å². The smallest absolute Gasteiger partial charge is 0.0492 e. The first-order valence-corrected chi connectivity index (χ1v) is 5.50. The Morgan fingerprint density at radius 1 is 1.57 bits per heavy atom. The van der Waals surface area contributed by atoms with Crippen LogP contribution in [0, 0.1) is 5.92 Å². The monoisotopic (exact) mass is 193 g/mol. The van der Waals surface area contributed by atoms with Crippen LogP contribution < -0.4 is 5.73 Å². The van der Waals surface area contributed by atoms with E-state index in [1.807, 2.05) is 17.9 Å². The first-order chi connectivity index (χ1) is 6.77. The number of hydrogen-bond donors (Lipinski definition) is 1. The van der Waals surface area contributed by atoms with Crippen molar-refractivity contribution in [3.8, 4) is 0 Å². The van der Waals surface area contributed by atoms with Crippen LogP contribution in [0.15, 0.2) is 12.3 Å². The van der Waals surface area contributed by atoms with Crippen molar-refractivity contribution in [2.75, 3.05) is 0 Å². The first kappa shape index (κ1) is 9.71. The lowest BCUT2D eigenvalue weighted by molar-refractivity contribution is 0.441. The molecule has 2 unspecified atom stereocenters. The number of nitrogens with two attached hydrogens (primary N) is 1. The minimum absolute atomic E-state index is 0.447. The van der Waals surface area contributed by atoms with Crippen LogP contribution in [0.5, 0.6) is 0 Å². The van der Waals surface area contributed by atoms with Crippen LogP contribution in [0.25, 0.3) is 0 Å². The van der Waals surface area contributed by atoms with Gasteiger partial charge in [0.05, 0.1) is 0 Å². The second-order valence-corrected chi connectivity index (χ2v) is 4.34. The Balaban J connectivity index is 1.85. The third-order valence-corrected chi connectivity index (χ3v) is 3.41. The lowest BCUT2D eigenvalue weighted by Gasteiger charge is -2.14. The van der Waals surface area contributed by atoms with Gasteiger partial charge in [0, 0.05) is 25.0 Å².